The first-order valence-electron chi connectivity index (χ1n) is 10.2. The van der Waals surface area contributed by atoms with Crippen molar-refractivity contribution in [3.8, 4) is 5.75 Å². The molecule has 0 radical (unpaired) electrons. The second-order valence-corrected chi connectivity index (χ2v) is 8.50. The lowest BCUT2D eigenvalue weighted by Crippen LogP contribution is -2.12. The van der Waals surface area contributed by atoms with Gasteiger partial charge < -0.3 is 9.84 Å². The number of ether oxygens (including phenoxy) is 1. The molecular weight excluding hydrogens is 423 g/mol. The van der Waals surface area contributed by atoms with Crippen LogP contribution in [-0.2, 0) is 0 Å². The van der Waals surface area contributed by atoms with Crippen LogP contribution in [0.2, 0.25) is 0 Å². The summed E-state index contributed by atoms with van der Waals surface area (Å²) >= 11 is 2.33. The number of benzene rings is 1. The van der Waals surface area contributed by atoms with E-state index in [-0.39, 0.29) is 0 Å². The van der Waals surface area contributed by atoms with Crippen molar-refractivity contribution in [2.45, 2.75) is 78.1 Å². The van der Waals surface area contributed by atoms with Crippen LogP contribution in [0, 0.1) is 15.4 Å². The molecule has 25 heavy (non-hydrogen) atoms. The zero-order chi connectivity index (χ0) is 18.3. The van der Waals surface area contributed by atoms with E-state index in [0.29, 0.717) is 18.4 Å². The Morgan fingerprint density at radius 1 is 0.920 bits per heavy atom. The van der Waals surface area contributed by atoms with Gasteiger partial charge >= 0.3 is 0 Å². The van der Waals surface area contributed by atoms with Crippen LogP contribution in [0.15, 0.2) is 24.3 Å². The van der Waals surface area contributed by atoms with E-state index in [1.807, 2.05) is 0 Å². The number of rotatable bonds is 15. The zero-order valence-electron chi connectivity index (χ0n) is 16.2. The fraction of sp³-hybridized carbons (Fsp3) is 0.727. The van der Waals surface area contributed by atoms with Crippen LogP contribution in [0.3, 0.4) is 0 Å². The van der Waals surface area contributed by atoms with Crippen LogP contribution in [0.5, 0.6) is 5.75 Å². The molecule has 2 nitrogen and oxygen atoms in total. The molecule has 1 aromatic carbocycles. The molecule has 0 saturated carbocycles. The Labute approximate surface area is 168 Å². The van der Waals surface area contributed by atoms with E-state index in [1.165, 1.54) is 67.8 Å². The van der Waals surface area contributed by atoms with Crippen LogP contribution in [0.4, 0.5) is 0 Å². The molecule has 1 aromatic rings. The maximum Gasteiger partial charge on any atom is 0.120 e. The third kappa shape index (κ3) is 11.1. The van der Waals surface area contributed by atoms with Crippen LogP contribution in [-0.4, -0.2) is 18.3 Å². The van der Waals surface area contributed by atoms with Crippen LogP contribution >= 0.6 is 22.6 Å². The van der Waals surface area contributed by atoms with Gasteiger partial charge in [0, 0.05) is 10.2 Å². The molecule has 0 aliphatic carbocycles. The third-order valence-electron chi connectivity index (χ3n) is 4.91. The molecule has 0 bridgehead atoms. The summed E-state index contributed by atoms with van der Waals surface area (Å²) in [5.41, 5.74) is 0. The number of unbranched alkanes of at least 4 members (excludes halogenated alkanes) is 3. The van der Waals surface area contributed by atoms with Gasteiger partial charge in [-0.05, 0) is 78.3 Å². The Bertz CT molecular complexity index is 436. The highest BCUT2D eigenvalue weighted by Crippen LogP contribution is 2.21. The predicted octanol–water partition coefficient (Wildman–Crippen LogP) is 6.84. The topological polar surface area (TPSA) is 29.5 Å². The second-order valence-electron chi connectivity index (χ2n) is 7.25. The molecule has 144 valence electrons. The van der Waals surface area contributed by atoms with E-state index in [2.05, 4.69) is 60.7 Å². The van der Waals surface area contributed by atoms with Gasteiger partial charge in [0.1, 0.15) is 5.75 Å². The number of hydrogen-bond acceptors (Lipinski definition) is 2. The second kappa shape index (κ2) is 14.8. The molecular formula is C22H37IO2. The maximum absolute atomic E-state index is 9.35. The van der Waals surface area contributed by atoms with Gasteiger partial charge in [0.05, 0.1) is 6.61 Å². The van der Waals surface area contributed by atoms with Gasteiger partial charge in [-0.1, -0.05) is 58.4 Å². The summed E-state index contributed by atoms with van der Waals surface area (Å²) in [5, 5.41) is 9.35. The lowest BCUT2D eigenvalue weighted by atomic mass is 9.94. The Hall–Kier alpha value is -0.290. The number of aliphatic hydroxyl groups excluding tert-OH is 1. The Balaban J connectivity index is 2.18. The summed E-state index contributed by atoms with van der Waals surface area (Å²) in [7, 11) is 0. The lowest BCUT2D eigenvalue weighted by Gasteiger charge is -2.17. The minimum Gasteiger partial charge on any atom is -0.493 e. The molecule has 1 rings (SSSR count). The maximum atomic E-state index is 9.35. The molecule has 2 unspecified atom stereocenters. The summed E-state index contributed by atoms with van der Waals surface area (Å²) < 4.78 is 7.25. The molecule has 0 heterocycles. The van der Waals surface area contributed by atoms with Crippen molar-refractivity contribution in [1.29, 1.82) is 0 Å². The fourth-order valence-corrected chi connectivity index (χ4v) is 3.96. The van der Waals surface area contributed by atoms with Crippen molar-refractivity contribution in [3.63, 3.8) is 0 Å². The van der Waals surface area contributed by atoms with E-state index in [9.17, 15) is 5.11 Å². The number of hydrogen-bond donors (Lipinski definition) is 1. The fourth-order valence-electron chi connectivity index (χ4n) is 3.44. The van der Waals surface area contributed by atoms with Gasteiger partial charge in [-0.15, -0.1) is 0 Å². The van der Waals surface area contributed by atoms with Crippen LogP contribution in [0.1, 0.15) is 78.1 Å². The van der Waals surface area contributed by atoms with E-state index < -0.39 is 0 Å². The van der Waals surface area contributed by atoms with Crippen molar-refractivity contribution in [2.75, 3.05) is 13.2 Å². The smallest absolute Gasteiger partial charge is 0.120 e. The molecule has 0 spiro atoms. The molecule has 0 aromatic heterocycles. The van der Waals surface area contributed by atoms with E-state index in [1.54, 1.807) is 0 Å². The minimum absolute atomic E-state index is 0.363. The third-order valence-corrected chi connectivity index (χ3v) is 5.58. The highest BCUT2D eigenvalue weighted by Gasteiger charge is 2.10. The highest BCUT2D eigenvalue weighted by molar-refractivity contribution is 14.1. The number of halogens is 1. The summed E-state index contributed by atoms with van der Waals surface area (Å²) in [6.07, 6.45) is 12.5. The summed E-state index contributed by atoms with van der Waals surface area (Å²) in [6.45, 7) is 5.68. The molecule has 1 N–H and O–H groups in total. The molecule has 3 heteroatoms. The minimum atomic E-state index is 0.363. The van der Waals surface area contributed by atoms with Gasteiger partial charge in [-0.3, -0.25) is 0 Å². The Morgan fingerprint density at radius 2 is 1.56 bits per heavy atom. The van der Waals surface area contributed by atoms with Crippen molar-refractivity contribution < 1.29 is 9.84 Å². The van der Waals surface area contributed by atoms with Crippen molar-refractivity contribution in [3.05, 3.63) is 27.8 Å². The summed E-state index contributed by atoms with van der Waals surface area (Å²) in [6, 6.07) is 8.32. The monoisotopic (exact) mass is 460 g/mol. The normalized spacial score (nSPS) is 13.6. The molecule has 2 atom stereocenters. The van der Waals surface area contributed by atoms with Gasteiger partial charge in [0.2, 0.25) is 0 Å². The molecule has 0 saturated heterocycles. The standard InChI is InChI=1S/C22H37IO2/c1-3-10-19(17-24)12-7-5-6-8-13-20(11-4-2)18-25-22-15-9-14-21(23)16-22/h9,14-16,19-20,24H,3-8,10-13,17-18H2,1-2H3. The summed E-state index contributed by atoms with van der Waals surface area (Å²) in [5.74, 6) is 2.20. The van der Waals surface area contributed by atoms with Crippen molar-refractivity contribution in [2.24, 2.45) is 11.8 Å². The first kappa shape index (κ1) is 22.8. The molecule has 0 aliphatic rings. The molecule has 0 aliphatic heterocycles. The first-order chi connectivity index (χ1) is 12.2. The Morgan fingerprint density at radius 3 is 2.16 bits per heavy atom. The van der Waals surface area contributed by atoms with Crippen LogP contribution < -0.4 is 4.74 Å². The zero-order valence-corrected chi connectivity index (χ0v) is 18.3. The van der Waals surface area contributed by atoms with Crippen molar-refractivity contribution >= 4 is 22.6 Å². The summed E-state index contributed by atoms with van der Waals surface area (Å²) in [4.78, 5) is 0. The molecule has 0 amide bonds. The predicted molar refractivity (Wildman–Crippen MR) is 116 cm³/mol. The lowest BCUT2D eigenvalue weighted by molar-refractivity contribution is 0.205. The van der Waals surface area contributed by atoms with Gasteiger partial charge in [-0.25, -0.2) is 0 Å². The van der Waals surface area contributed by atoms with E-state index in [0.717, 1.165) is 12.4 Å². The average Bonchev–Trinajstić information content (AvgIpc) is 2.61. The van der Waals surface area contributed by atoms with Gasteiger partial charge in [-0.2, -0.15) is 0 Å². The molecule has 0 fully saturated rings. The largest absolute Gasteiger partial charge is 0.493 e. The SMILES string of the molecule is CCCC(CO)CCCCCCC(CCC)COc1cccc(I)c1. The van der Waals surface area contributed by atoms with Crippen LogP contribution in [0.25, 0.3) is 0 Å². The number of aliphatic hydroxyl groups is 1. The quantitative estimate of drug-likeness (QED) is 0.230. The highest BCUT2D eigenvalue weighted by atomic mass is 127. The van der Waals surface area contributed by atoms with Crippen molar-refractivity contribution in [1.82, 2.24) is 0 Å². The first-order valence-corrected chi connectivity index (χ1v) is 11.3. The van der Waals surface area contributed by atoms with E-state index in [4.69, 9.17) is 4.74 Å². The van der Waals surface area contributed by atoms with E-state index >= 15 is 0 Å². The Kier molecular flexibility index (Phi) is 13.5. The van der Waals surface area contributed by atoms with Gasteiger partial charge in [0.15, 0.2) is 0 Å². The average molecular weight is 460 g/mol. The van der Waals surface area contributed by atoms with Gasteiger partial charge in [0.25, 0.3) is 0 Å².